The van der Waals surface area contributed by atoms with E-state index in [0.29, 0.717) is 10.0 Å². The van der Waals surface area contributed by atoms with Crippen molar-refractivity contribution in [1.29, 1.82) is 0 Å². The minimum absolute atomic E-state index is 0.644. The van der Waals surface area contributed by atoms with Crippen molar-refractivity contribution in [2.75, 3.05) is 0 Å². The third kappa shape index (κ3) is 2.01. The Kier molecular flexibility index (Phi) is 2.72. The first kappa shape index (κ1) is 10.5. The predicted molar refractivity (Wildman–Crippen MR) is 63.4 cm³/mol. The highest BCUT2D eigenvalue weighted by Crippen LogP contribution is 2.31. The van der Waals surface area contributed by atoms with E-state index in [1.54, 1.807) is 10.7 Å². The van der Waals surface area contributed by atoms with E-state index in [4.69, 9.17) is 23.2 Å². The molecule has 15 heavy (non-hydrogen) atoms. The molecule has 0 spiro atoms. The van der Waals surface area contributed by atoms with Crippen LogP contribution >= 0.6 is 23.2 Å². The molecule has 0 N–H and O–H groups in total. The molecule has 0 atom stereocenters. The molecular formula is C11H10Cl2N2. The molecule has 1 heterocycles. The molecule has 0 amide bonds. The second-order valence-electron chi connectivity index (χ2n) is 3.43. The predicted octanol–water partition coefficient (Wildman–Crippen LogP) is 3.70. The molecule has 0 saturated carbocycles. The normalized spacial score (nSPS) is 10.7. The number of halogens is 2. The molecule has 1 aromatic heterocycles. The Morgan fingerprint density at radius 1 is 1.20 bits per heavy atom. The van der Waals surface area contributed by atoms with E-state index >= 15 is 0 Å². The summed E-state index contributed by atoms with van der Waals surface area (Å²) in [5, 5.41) is 5.57. The molecular weight excluding hydrogens is 231 g/mol. The first-order chi connectivity index (χ1) is 7.08. The van der Waals surface area contributed by atoms with Crippen molar-refractivity contribution in [2.24, 2.45) is 7.05 Å². The van der Waals surface area contributed by atoms with Crippen LogP contribution in [0.5, 0.6) is 0 Å². The second kappa shape index (κ2) is 3.87. The number of aryl methyl sites for hydroxylation is 2. The zero-order valence-electron chi connectivity index (χ0n) is 8.46. The van der Waals surface area contributed by atoms with Gasteiger partial charge in [-0.05, 0) is 19.1 Å². The number of nitrogens with zero attached hydrogens (tertiary/aromatic N) is 2. The molecule has 1 aromatic carbocycles. The Balaban J connectivity index is 2.59. The lowest BCUT2D eigenvalue weighted by molar-refractivity contribution is 0.756. The van der Waals surface area contributed by atoms with E-state index in [1.807, 2.05) is 32.3 Å². The maximum Gasteiger partial charge on any atom is 0.0672 e. The van der Waals surface area contributed by atoms with Gasteiger partial charge in [-0.15, -0.1) is 0 Å². The SMILES string of the molecule is Cc1nn(C)cc1-c1ccc(Cl)cc1Cl. The van der Waals surface area contributed by atoms with Gasteiger partial charge in [0.1, 0.15) is 0 Å². The first-order valence-electron chi connectivity index (χ1n) is 4.53. The third-order valence-corrected chi connectivity index (χ3v) is 2.78. The minimum atomic E-state index is 0.644. The lowest BCUT2D eigenvalue weighted by Gasteiger charge is -2.02. The van der Waals surface area contributed by atoms with Gasteiger partial charge in [0.15, 0.2) is 0 Å². The molecule has 0 aliphatic carbocycles. The van der Waals surface area contributed by atoms with Gasteiger partial charge in [-0.25, -0.2) is 0 Å². The summed E-state index contributed by atoms with van der Waals surface area (Å²) in [6.07, 6.45) is 1.95. The smallest absolute Gasteiger partial charge is 0.0672 e. The van der Waals surface area contributed by atoms with Crippen LogP contribution in [0.2, 0.25) is 10.0 Å². The molecule has 2 rings (SSSR count). The lowest BCUT2D eigenvalue weighted by Crippen LogP contribution is -1.86. The van der Waals surface area contributed by atoms with Gasteiger partial charge in [0, 0.05) is 34.4 Å². The number of hydrogen-bond donors (Lipinski definition) is 0. The van der Waals surface area contributed by atoms with Gasteiger partial charge in [-0.1, -0.05) is 29.3 Å². The molecule has 2 aromatic rings. The van der Waals surface area contributed by atoms with Crippen molar-refractivity contribution in [3.63, 3.8) is 0 Å². The summed E-state index contributed by atoms with van der Waals surface area (Å²) >= 11 is 12.0. The van der Waals surface area contributed by atoms with E-state index in [0.717, 1.165) is 16.8 Å². The second-order valence-corrected chi connectivity index (χ2v) is 4.27. The van der Waals surface area contributed by atoms with E-state index in [1.165, 1.54) is 0 Å². The van der Waals surface area contributed by atoms with Crippen molar-refractivity contribution in [2.45, 2.75) is 6.92 Å². The number of benzene rings is 1. The topological polar surface area (TPSA) is 17.8 Å². The monoisotopic (exact) mass is 240 g/mol. The fourth-order valence-electron chi connectivity index (χ4n) is 1.57. The summed E-state index contributed by atoms with van der Waals surface area (Å²) in [6.45, 7) is 1.96. The summed E-state index contributed by atoms with van der Waals surface area (Å²) in [5.74, 6) is 0. The molecule has 0 aliphatic rings. The van der Waals surface area contributed by atoms with E-state index in [9.17, 15) is 0 Å². The highest BCUT2D eigenvalue weighted by Gasteiger charge is 2.09. The Morgan fingerprint density at radius 3 is 2.47 bits per heavy atom. The number of hydrogen-bond acceptors (Lipinski definition) is 1. The van der Waals surface area contributed by atoms with Gasteiger partial charge in [-0.3, -0.25) is 4.68 Å². The average Bonchev–Trinajstić information content (AvgIpc) is 2.45. The van der Waals surface area contributed by atoms with Crippen LogP contribution in [-0.2, 0) is 7.05 Å². The van der Waals surface area contributed by atoms with Crippen LogP contribution in [0, 0.1) is 6.92 Å². The Hall–Kier alpha value is -0.990. The van der Waals surface area contributed by atoms with Crippen LogP contribution in [0.1, 0.15) is 5.69 Å². The molecule has 0 saturated heterocycles. The van der Waals surface area contributed by atoms with E-state index in [-0.39, 0.29) is 0 Å². The molecule has 4 heteroatoms. The zero-order valence-corrected chi connectivity index (χ0v) is 9.97. The van der Waals surface area contributed by atoms with Crippen LogP contribution in [0.15, 0.2) is 24.4 Å². The summed E-state index contributed by atoms with van der Waals surface area (Å²) in [5.41, 5.74) is 2.97. The molecule has 0 fully saturated rings. The van der Waals surface area contributed by atoms with Crippen LogP contribution in [-0.4, -0.2) is 9.78 Å². The molecule has 0 aliphatic heterocycles. The highest BCUT2D eigenvalue weighted by atomic mass is 35.5. The van der Waals surface area contributed by atoms with Gasteiger partial charge in [-0.2, -0.15) is 5.10 Å². The van der Waals surface area contributed by atoms with Crippen molar-refractivity contribution in [1.82, 2.24) is 9.78 Å². The third-order valence-electron chi connectivity index (χ3n) is 2.23. The summed E-state index contributed by atoms with van der Waals surface area (Å²) in [4.78, 5) is 0. The average molecular weight is 241 g/mol. The van der Waals surface area contributed by atoms with Gasteiger partial charge in [0.25, 0.3) is 0 Å². The standard InChI is InChI=1S/C11H10Cl2N2/c1-7-10(6-15(2)14-7)9-4-3-8(12)5-11(9)13/h3-6H,1-2H3. The van der Waals surface area contributed by atoms with Gasteiger partial charge >= 0.3 is 0 Å². The highest BCUT2D eigenvalue weighted by molar-refractivity contribution is 6.36. The van der Waals surface area contributed by atoms with Crippen LogP contribution in [0.25, 0.3) is 11.1 Å². The Morgan fingerprint density at radius 2 is 1.93 bits per heavy atom. The van der Waals surface area contributed by atoms with E-state index < -0.39 is 0 Å². The number of rotatable bonds is 1. The van der Waals surface area contributed by atoms with Crippen molar-refractivity contribution < 1.29 is 0 Å². The minimum Gasteiger partial charge on any atom is -0.275 e. The Labute approximate surface area is 98.4 Å². The van der Waals surface area contributed by atoms with Crippen LogP contribution in [0.4, 0.5) is 0 Å². The molecule has 0 radical (unpaired) electrons. The zero-order chi connectivity index (χ0) is 11.0. The maximum absolute atomic E-state index is 6.12. The molecule has 0 bridgehead atoms. The fourth-order valence-corrected chi connectivity index (χ4v) is 2.08. The lowest BCUT2D eigenvalue weighted by atomic mass is 10.1. The maximum atomic E-state index is 6.12. The van der Waals surface area contributed by atoms with Gasteiger partial charge in [0.05, 0.1) is 5.69 Å². The van der Waals surface area contributed by atoms with Gasteiger partial charge < -0.3 is 0 Å². The van der Waals surface area contributed by atoms with Crippen LogP contribution < -0.4 is 0 Å². The fraction of sp³-hybridized carbons (Fsp3) is 0.182. The number of aromatic nitrogens is 2. The molecule has 0 unspecified atom stereocenters. The largest absolute Gasteiger partial charge is 0.275 e. The van der Waals surface area contributed by atoms with E-state index in [2.05, 4.69) is 5.10 Å². The molecule has 78 valence electrons. The first-order valence-corrected chi connectivity index (χ1v) is 5.29. The summed E-state index contributed by atoms with van der Waals surface area (Å²) in [7, 11) is 1.89. The van der Waals surface area contributed by atoms with Crippen LogP contribution in [0.3, 0.4) is 0 Å². The molecule has 2 nitrogen and oxygen atoms in total. The van der Waals surface area contributed by atoms with Crippen molar-refractivity contribution >= 4 is 23.2 Å². The van der Waals surface area contributed by atoms with Gasteiger partial charge in [0.2, 0.25) is 0 Å². The van der Waals surface area contributed by atoms with Crippen molar-refractivity contribution in [3.05, 3.63) is 40.1 Å². The summed E-state index contributed by atoms with van der Waals surface area (Å²) < 4.78 is 1.77. The van der Waals surface area contributed by atoms with Crippen molar-refractivity contribution in [3.8, 4) is 11.1 Å². The summed E-state index contributed by atoms with van der Waals surface area (Å²) in [6, 6.07) is 5.48. The quantitative estimate of drug-likeness (QED) is 0.744. The Bertz CT molecular complexity index is 503.